The molecule has 3 fully saturated rings. The molecule has 10 rings (SSSR count). The van der Waals surface area contributed by atoms with Crippen molar-refractivity contribution in [2.75, 3.05) is 34.6 Å². The minimum absolute atomic E-state index is 0.0184. The lowest BCUT2D eigenvalue weighted by atomic mass is 9.34. The number of hydrogen-bond donors (Lipinski definition) is 3. The Morgan fingerprint density at radius 3 is 1.89 bits per heavy atom. The topological polar surface area (TPSA) is 197 Å². The van der Waals surface area contributed by atoms with Gasteiger partial charge in [-0.05, 0) is 78.3 Å². The molecule has 3 aromatic carbocycles. The molecule has 19 heteroatoms. The maximum atomic E-state index is 14.8. The molecule has 14 nitrogen and oxygen atoms in total. The average molecular weight is 873 g/mol. The molecule has 0 spiro atoms. The van der Waals surface area contributed by atoms with E-state index in [0.29, 0.717) is 40.9 Å². The van der Waals surface area contributed by atoms with Crippen LogP contribution in [0.1, 0.15) is 53.4 Å². The summed E-state index contributed by atoms with van der Waals surface area (Å²) in [5, 5.41) is 26.8. The predicted molar refractivity (Wildman–Crippen MR) is 217 cm³/mol. The van der Waals surface area contributed by atoms with Gasteiger partial charge in [0.2, 0.25) is 11.8 Å². The monoisotopic (exact) mass is 871 g/mol. The fourth-order valence-corrected chi connectivity index (χ4v) is 12.8. The van der Waals surface area contributed by atoms with Crippen LogP contribution in [0.25, 0.3) is 31.3 Å². The molecule has 3 saturated carbocycles. The molecule has 5 aromatic rings. The standard InChI is InChI=1S/C38H32Cl2N3O11PS2/c1-17-12-56-32-23(22-5-21(43(48)49)3-4-26(22)53-36(46)47)6-24-30(28(17)32)19(8-39)10-41(24)34(44)37-14-38(15-37,16-37)35(45)42-11-20(9-40)31-25(42)7-27(54-55(50,51)52)33-29(31)18(2)13-57-33/h3-7,12-13,19-20H,8-11,14-16H2,1-2H3,(H,46,47)(H2,50,51,52)/t19-,20-,37?,38?/m1/s1. The maximum Gasteiger partial charge on any atom is 0.524 e. The summed E-state index contributed by atoms with van der Waals surface area (Å²) >= 11 is 15.7. The number of nitro groups is 1. The van der Waals surface area contributed by atoms with E-state index in [9.17, 15) is 44.0 Å². The smallest absolute Gasteiger partial charge is 0.449 e. The van der Waals surface area contributed by atoms with E-state index < -0.39 is 29.7 Å². The van der Waals surface area contributed by atoms with E-state index >= 15 is 0 Å². The van der Waals surface area contributed by atoms with Crippen LogP contribution < -0.4 is 19.1 Å². The summed E-state index contributed by atoms with van der Waals surface area (Å²) in [6, 6.07) is 6.95. The van der Waals surface area contributed by atoms with Gasteiger partial charge < -0.3 is 24.2 Å². The van der Waals surface area contributed by atoms with Crippen LogP contribution in [0.15, 0.2) is 41.1 Å². The zero-order valence-corrected chi connectivity index (χ0v) is 34.2. The van der Waals surface area contributed by atoms with Crippen LogP contribution in [0.2, 0.25) is 0 Å². The number of nitrogens with zero attached hydrogens (tertiary/aromatic N) is 3. The highest BCUT2D eigenvalue weighted by atomic mass is 35.5. The number of amides is 2. The van der Waals surface area contributed by atoms with Gasteiger partial charge in [0.1, 0.15) is 5.75 Å². The molecule has 296 valence electrons. The van der Waals surface area contributed by atoms with Gasteiger partial charge in [-0.25, -0.2) is 9.36 Å². The normalized spacial score (nSPS) is 23.3. The SMILES string of the molecule is Cc1csc2c(OP(=O)(O)O)cc3c(c12)[C@H](CCl)CN3C(=O)C12CC(C(=O)N3C[C@@H](CCl)c4c3cc(-c3cc([N+](=O)[O-])ccc3OC(=O)O)c3scc(C)c43)(C1)C2. The van der Waals surface area contributed by atoms with Gasteiger partial charge in [0.15, 0.2) is 5.75 Å². The first kappa shape index (κ1) is 38.2. The van der Waals surface area contributed by atoms with Gasteiger partial charge >= 0.3 is 14.0 Å². The number of non-ortho nitro benzene ring substituents is 1. The summed E-state index contributed by atoms with van der Waals surface area (Å²) in [6.45, 7) is 4.36. The molecule has 57 heavy (non-hydrogen) atoms. The molecule has 0 unspecified atom stereocenters. The largest absolute Gasteiger partial charge is 0.524 e. The summed E-state index contributed by atoms with van der Waals surface area (Å²) in [7, 11) is -4.93. The number of phosphoric acid groups is 1. The summed E-state index contributed by atoms with van der Waals surface area (Å²) in [4.78, 5) is 75.0. The number of halogens is 2. The van der Waals surface area contributed by atoms with Crippen LogP contribution in [0.4, 0.5) is 21.9 Å². The Morgan fingerprint density at radius 2 is 1.39 bits per heavy atom. The first-order chi connectivity index (χ1) is 27.0. The fraction of sp³-hybridized carbons (Fsp3) is 0.342. The number of thiophene rings is 2. The Morgan fingerprint density at radius 1 is 0.860 bits per heavy atom. The van der Waals surface area contributed by atoms with E-state index in [1.807, 2.05) is 24.6 Å². The molecular weight excluding hydrogens is 840 g/mol. The third kappa shape index (κ3) is 5.70. The number of rotatable bonds is 9. The van der Waals surface area contributed by atoms with Gasteiger partial charge in [-0.3, -0.25) is 29.5 Å². The molecular formula is C38H32Cl2N3O11PS2. The van der Waals surface area contributed by atoms with Crippen LogP contribution >= 0.6 is 53.7 Å². The van der Waals surface area contributed by atoms with Crippen molar-refractivity contribution < 1.29 is 48.0 Å². The molecule has 5 aliphatic rings. The third-order valence-electron chi connectivity index (χ3n) is 11.9. The van der Waals surface area contributed by atoms with Crippen molar-refractivity contribution in [3.8, 4) is 22.6 Å². The number of nitro benzene ring substituents is 1. The van der Waals surface area contributed by atoms with E-state index in [-0.39, 0.29) is 71.2 Å². The van der Waals surface area contributed by atoms with Crippen molar-refractivity contribution >= 4 is 109 Å². The number of carbonyl (C=O) groups is 3. The first-order valence-electron chi connectivity index (χ1n) is 17.8. The van der Waals surface area contributed by atoms with E-state index in [4.69, 9.17) is 32.5 Å². The number of fused-ring (bicyclic) bond motifs is 6. The molecule has 2 aromatic heterocycles. The molecule has 4 heterocycles. The quantitative estimate of drug-likeness (QED) is 0.0319. The van der Waals surface area contributed by atoms with Crippen LogP contribution in [0.3, 0.4) is 0 Å². The zero-order valence-electron chi connectivity index (χ0n) is 30.1. The number of aryl methyl sites for hydroxylation is 2. The van der Waals surface area contributed by atoms with E-state index in [1.165, 1.54) is 46.9 Å². The van der Waals surface area contributed by atoms with Crippen molar-refractivity contribution in [2.45, 2.75) is 44.9 Å². The third-order valence-corrected chi connectivity index (χ3v) is 15.4. The van der Waals surface area contributed by atoms with Crippen LogP contribution in [-0.2, 0) is 14.2 Å². The van der Waals surface area contributed by atoms with Crippen molar-refractivity contribution in [2.24, 2.45) is 10.8 Å². The Balaban J connectivity index is 1.06. The number of alkyl halides is 2. The Bertz CT molecular complexity index is 2670. The second kappa shape index (κ2) is 13.1. The van der Waals surface area contributed by atoms with Gasteiger partial charge in [-0.2, -0.15) is 0 Å². The molecule has 3 aliphatic carbocycles. The Labute approximate surface area is 341 Å². The number of hydrogen-bond acceptors (Lipinski definition) is 10. The maximum absolute atomic E-state index is 14.8. The second-order valence-electron chi connectivity index (χ2n) is 15.4. The molecule has 2 bridgehead atoms. The molecule has 2 aliphatic heterocycles. The van der Waals surface area contributed by atoms with Crippen LogP contribution in [0, 0.1) is 34.8 Å². The van der Waals surface area contributed by atoms with Gasteiger partial charge in [0.05, 0.1) is 26.1 Å². The number of phosphoric ester groups is 1. The Kier molecular flexibility index (Phi) is 8.80. The fourth-order valence-electron chi connectivity index (χ4n) is 9.71. The van der Waals surface area contributed by atoms with Crippen LogP contribution in [0.5, 0.6) is 11.5 Å². The summed E-state index contributed by atoms with van der Waals surface area (Å²) in [5.41, 5.74) is 3.27. The van der Waals surface area contributed by atoms with Gasteiger partial charge in [-0.1, -0.05) is 0 Å². The molecule has 2 atom stereocenters. The summed E-state index contributed by atoms with van der Waals surface area (Å²) in [6.07, 6.45) is -0.694. The van der Waals surface area contributed by atoms with Gasteiger partial charge in [0, 0.05) is 87.2 Å². The minimum Gasteiger partial charge on any atom is -0.449 e. The van der Waals surface area contributed by atoms with E-state index in [2.05, 4.69) is 0 Å². The highest BCUT2D eigenvalue weighted by Gasteiger charge is 2.76. The number of carboxylic acid groups (broad SMARTS) is 1. The van der Waals surface area contributed by atoms with Crippen molar-refractivity contribution in [1.82, 2.24) is 0 Å². The summed E-state index contributed by atoms with van der Waals surface area (Å²) < 4.78 is 23.5. The molecule has 0 saturated heterocycles. The average Bonchev–Trinajstić information content (AvgIpc) is 3.88. The van der Waals surface area contributed by atoms with E-state index in [0.717, 1.165) is 37.7 Å². The van der Waals surface area contributed by atoms with Crippen molar-refractivity contribution in [3.05, 3.63) is 73.5 Å². The number of ether oxygens (including phenoxy) is 1. The lowest BCUT2D eigenvalue weighted by molar-refractivity contribution is -0.384. The molecule has 3 N–H and O–H groups in total. The molecule has 0 radical (unpaired) electrons. The number of benzene rings is 3. The van der Waals surface area contributed by atoms with Gasteiger partial charge in [-0.15, -0.1) is 45.9 Å². The van der Waals surface area contributed by atoms with Crippen molar-refractivity contribution in [1.29, 1.82) is 0 Å². The highest BCUT2D eigenvalue weighted by Crippen LogP contribution is 2.75. The lowest BCUT2D eigenvalue weighted by Gasteiger charge is -2.69. The minimum atomic E-state index is -4.93. The Hall–Kier alpha value is -4.28. The van der Waals surface area contributed by atoms with Gasteiger partial charge in [0.25, 0.3) is 5.69 Å². The number of carbonyl (C=O) groups excluding carboxylic acids is 2. The first-order valence-corrected chi connectivity index (χ1v) is 22.2. The van der Waals surface area contributed by atoms with Crippen molar-refractivity contribution in [3.63, 3.8) is 0 Å². The highest BCUT2D eigenvalue weighted by molar-refractivity contribution is 7.46. The zero-order chi connectivity index (χ0) is 40.5. The molecule has 2 amide bonds. The van der Waals surface area contributed by atoms with E-state index in [1.54, 1.807) is 15.9 Å². The summed E-state index contributed by atoms with van der Waals surface area (Å²) in [5.74, 6) is -0.523. The predicted octanol–water partition coefficient (Wildman–Crippen LogP) is 9.04. The number of anilines is 2. The van der Waals surface area contributed by atoms with Crippen LogP contribution in [-0.4, -0.2) is 62.6 Å². The lowest BCUT2D eigenvalue weighted by Crippen LogP contribution is -2.73. The second-order valence-corrected chi connectivity index (χ2v) is 19.0.